The normalized spacial score (nSPS) is 11.1. The van der Waals surface area contributed by atoms with Crippen molar-refractivity contribution in [1.82, 2.24) is 4.98 Å². The van der Waals surface area contributed by atoms with Crippen LogP contribution in [0.1, 0.15) is 0 Å². The highest BCUT2D eigenvalue weighted by Gasteiger charge is 2.12. The van der Waals surface area contributed by atoms with E-state index >= 15 is 0 Å². The molecule has 102 valence electrons. The fourth-order valence-corrected chi connectivity index (χ4v) is 3.41. The van der Waals surface area contributed by atoms with Crippen molar-refractivity contribution in [3.8, 4) is 21.8 Å². The van der Waals surface area contributed by atoms with Crippen molar-refractivity contribution in [1.29, 1.82) is 0 Å². The largest absolute Gasteiger partial charge is 0.464 e. The molecule has 0 unspecified atom stereocenters. The summed E-state index contributed by atoms with van der Waals surface area (Å²) in [5.41, 5.74) is 4.06. The lowest BCUT2D eigenvalue weighted by atomic mass is 10.1. The predicted octanol–water partition coefficient (Wildman–Crippen LogP) is 5.99. The van der Waals surface area contributed by atoms with Crippen molar-refractivity contribution in [2.24, 2.45) is 0 Å². The number of halogens is 1. The zero-order valence-corrected chi connectivity index (χ0v) is 13.3. The van der Waals surface area contributed by atoms with Crippen LogP contribution < -0.4 is 0 Å². The first kappa shape index (κ1) is 12.8. The summed E-state index contributed by atoms with van der Waals surface area (Å²) < 4.78 is 6.67. The summed E-state index contributed by atoms with van der Waals surface area (Å²) in [6, 6.07) is 16.2. The predicted molar refractivity (Wildman–Crippen MR) is 90.5 cm³/mol. The molecule has 0 aliphatic rings. The minimum absolute atomic E-state index is 0.896. The Labute approximate surface area is 134 Å². The van der Waals surface area contributed by atoms with E-state index in [9.17, 15) is 0 Å². The van der Waals surface area contributed by atoms with E-state index < -0.39 is 0 Å². The summed E-state index contributed by atoms with van der Waals surface area (Å²) in [5, 5.41) is 4.17. The molecule has 0 bridgehead atoms. The average molecular weight is 356 g/mol. The monoisotopic (exact) mass is 355 g/mol. The van der Waals surface area contributed by atoms with E-state index in [1.54, 1.807) is 17.6 Å². The number of furan rings is 1. The van der Waals surface area contributed by atoms with Crippen molar-refractivity contribution < 1.29 is 4.42 Å². The molecule has 2 aromatic heterocycles. The lowest BCUT2D eigenvalue weighted by Crippen LogP contribution is -1.78. The Morgan fingerprint density at radius 1 is 1.00 bits per heavy atom. The first-order valence-electron chi connectivity index (χ1n) is 6.49. The Hall–Kier alpha value is -1.91. The number of thiazole rings is 1. The van der Waals surface area contributed by atoms with Crippen LogP contribution in [0.15, 0.2) is 69.1 Å². The molecule has 0 N–H and O–H groups in total. The second-order valence-electron chi connectivity index (χ2n) is 4.69. The van der Waals surface area contributed by atoms with Crippen LogP contribution >= 0.6 is 27.3 Å². The SMILES string of the molecule is Brc1ccc(-c2csc(-c3coc4ccccc34)n2)cc1. The molecule has 2 aromatic carbocycles. The van der Waals surface area contributed by atoms with Gasteiger partial charge in [-0.1, -0.05) is 46.3 Å². The lowest BCUT2D eigenvalue weighted by molar-refractivity contribution is 0.617. The van der Waals surface area contributed by atoms with E-state index in [4.69, 9.17) is 9.40 Å². The molecule has 0 atom stereocenters. The standard InChI is InChI=1S/C17H10BrNOS/c18-12-7-5-11(6-8-12)15-10-21-17(19-15)14-9-20-16-4-2-1-3-13(14)16/h1-10H. The number of aromatic nitrogens is 1. The van der Waals surface area contributed by atoms with Crippen LogP contribution in [-0.2, 0) is 0 Å². The highest BCUT2D eigenvalue weighted by Crippen LogP contribution is 2.34. The van der Waals surface area contributed by atoms with Gasteiger partial charge in [-0.15, -0.1) is 11.3 Å². The number of rotatable bonds is 2. The van der Waals surface area contributed by atoms with Gasteiger partial charge in [0, 0.05) is 20.8 Å². The zero-order valence-electron chi connectivity index (χ0n) is 10.9. The van der Waals surface area contributed by atoms with E-state index in [1.165, 1.54) is 0 Å². The molecule has 4 rings (SSSR count). The van der Waals surface area contributed by atoms with Gasteiger partial charge in [0.2, 0.25) is 0 Å². The van der Waals surface area contributed by atoms with Crippen LogP contribution in [0.25, 0.3) is 32.8 Å². The topological polar surface area (TPSA) is 26.0 Å². The molecule has 21 heavy (non-hydrogen) atoms. The Kier molecular flexibility index (Phi) is 3.13. The van der Waals surface area contributed by atoms with E-state index in [-0.39, 0.29) is 0 Å². The molecule has 0 aliphatic carbocycles. The maximum atomic E-state index is 5.59. The lowest BCUT2D eigenvalue weighted by Gasteiger charge is -1.96. The van der Waals surface area contributed by atoms with Crippen LogP contribution in [0.5, 0.6) is 0 Å². The van der Waals surface area contributed by atoms with E-state index in [1.807, 2.05) is 30.3 Å². The fourth-order valence-electron chi connectivity index (χ4n) is 2.29. The van der Waals surface area contributed by atoms with E-state index in [0.717, 1.165) is 37.3 Å². The minimum Gasteiger partial charge on any atom is -0.464 e. The summed E-state index contributed by atoms with van der Waals surface area (Å²) in [5.74, 6) is 0. The highest BCUT2D eigenvalue weighted by atomic mass is 79.9. The zero-order chi connectivity index (χ0) is 14.2. The van der Waals surface area contributed by atoms with Crippen molar-refractivity contribution in [3.05, 3.63) is 64.6 Å². The Balaban J connectivity index is 1.79. The third-order valence-corrected chi connectivity index (χ3v) is 4.76. The second kappa shape index (κ2) is 5.13. The Bertz CT molecular complexity index is 908. The Morgan fingerprint density at radius 2 is 1.81 bits per heavy atom. The number of nitrogens with zero attached hydrogens (tertiary/aromatic N) is 1. The van der Waals surface area contributed by atoms with Gasteiger partial charge in [0.15, 0.2) is 0 Å². The highest BCUT2D eigenvalue weighted by molar-refractivity contribution is 9.10. The number of para-hydroxylation sites is 1. The van der Waals surface area contributed by atoms with Gasteiger partial charge in [0.05, 0.1) is 11.3 Å². The van der Waals surface area contributed by atoms with Crippen LogP contribution in [-0.4, -0.2) is 4.98 Å². The van der Waals surface area contributed by atoms with Gasteiger partial charge in [-0.25, -0.2) is 4.98 Å². The third kappa shape index (κ3) is 2.30. The van der Waals surface area contributed by atoms with Gasteiger partial charge in [-0.05, 0) is 18.2 Å². The molecule has 0 radical (unpaired) electrons. The first-order chi connectivity index (χ1) is 10.3. The molecule has 2 heterocycles. The summed E-state index contributed by atoms with van der Waals surface area (Å²) in [7, 11) is 0. The van der Waals surface area contributed by atoms with E-state index in [0.29, 0.717) is 0 Å². The van der Waals surface area contributed by atoms with Crippen molar-refractivity contribution >= 4 is 38.2 Å². The van der Waals surface area contributed by atoms with Gasteiger partial charge < -0.3 is 4.42 Å². The fraction of sp³-hybridized carbons (Fsp3) is 0. The molecular weight excluding hydrogens is 346 g/mol. The minimum atomic E-state index is 0.896. The number of hydrogen-bond donors (Lipinski definition) is 0. The molecule has 4 aromatic rings. The van der Waals surface area contributed by atoms with Crippen molar-refractivity contribution in [2.45, 2.75) is 0 Å². The number of benzene rings is 2. The summed E-state index contributed by atoms with van der Waals surface area (Å²) >= 11 is 5.09. The summed E-state index contributed by atoms with van der Waals surface area (Å²) in [6.45, 7) is 0. The molecule has 0 saturated heterocycles. The molecule has 2 nitrogen and oxygen atoms in total. The molecule has 0 amide bonds. The van der Waals surface area contributed by atoms with Crippen molar-refractivity contribution in [2.75, 3.05) is 0 Å². The molecule has 4 heteroatoms. The molecule has 0 saturated carbocycles. The van der Waals surface area contributed by atoms with Crippen LogP contribution in [0, 0.1) is 0 Å². The maximum absolute atomic E-state index is 5.59. The third-order valence-electron chi connectivity index (χ3n) is 3.36. The van der Waals surface area contributed by atoms with Gasteiger partial charge >= 0.3 is 0 Å². The number of hydrogen-bond acceptors (Lipinski definition) is 3. The summed E-state index contributed by atoms with van der Waals surface area (Å²) in [6.07, 6.45) is 1.79. The summed E-state index contributed by atoms with van der Waals surface area (Å²) in [4.78, 5) is 4.75. The number of fused-ring (bicyclic) bond motifs is 1. The molecule has 0 aliphatic heterocycles. The van der Waals surface area contributed by atoms with Gasteiger partial charge in [-0.3, -0.25) is 0 Å². The van der Waals surface area contributed by atoms with Gasteiger partial charge in [0.1, 0.15) is 16.9 Å². The second-order valence-corrected chi connectivity index (χ2v) is 6.46. The Morgan fingerprint density at radius 3 is 2.67 bits per heavy atom. The molecule has 0 fully saturated rings. The van der Waals surface area contributed by atoms with E-state index in [2.05, 4.69) is 39.5 Å². The van der Waals surface area contributed by atoms with Crippen molar-refractivity contribution in [3.63, 3.8) is 0 Å². The maximum Gasteiger partial charge on any atom is 0.134 e. The first-order valence-corrected chi connectivity index (χ1v) is 8.16. The molecular formula is C17H10BrNOS. The van der Waals surface area contributed by atoms with Crippen LogP contribution in [0.4, 0.5) is 0 Å². The van der Waals surface area contributed by atoms with Gasteiger partial charge in [-0.2, -0.15) is 0 Å². The average Bonchev–Trinajstić information content (AvgIpc) is 3.14. The van der Waals surface area contributed by atoms with Crippen LogP contribution in [0.3, 0.4) is 0 Å². The van der Waals surface area contributed by atoms with Gasteiger partial charge in [0.25, 0.3) is 0 Å². The van der Waals surface area contributed by atoms with Crippen LogP contribution in [0.2, 0.25) is 0 Å². The molecule has 0 spiro atoms. The smallest absolute Gasteiger partial charge is 0.134 e. The quantitative estimate of drug-likeness (QED) is 0.441.